The van der Waals surface area contributed by atoms with Crippen LogP contribution >= 0.6 is 0 Å². The molecule has 4 rings (SSSR count). The first-order chi connectivity index (χ1) is 16.5. The summed E-state index contributed by atoms with van der Waals surface area (Å²) in [5.74, 6) is 1.60. The fourth-order valence-electron chi connectivity index (χ4n) is 5.01. The number of carbonyl (C=O) groups excluding carboxylic acids is 1. The predicted octanol–water partition coefficient (Wildman–Crippen LogP) is 4.82. The Hall–Kier alpha value is -3.28. The van der Waals surface area contributed by atoms with E-state index in [1.54, 1.807) is 13.2 Å². The molecule has 1 amide bonds. The fourth-order valence-corrected chi connectivity index (χ4v) is 5.01. The van der Waals surface area contributed by atoms with Crippen molar-refractivity contribution in [2.45, 2.75) is 38.5 Å². The van der Waals surface area contributed by atoms with Gasteiger partial charge in [0.25, 0.3) is 0 Å². The van der Waals surface area contributed by atoms with E-state index >= 15 is 0 Å². The third kappa shape index (κ3) is 6.19. The number of rotatable bonds is 9. The molecule has 0 unspecified atom stereocenters. The Labute approximate surface area is 201 Å². The number of nitrogens with zero attached hydrogens (tertiary/aromatic N) is 1. The van der Waals surface area contributed by atoms with Crippen LogP contribution in [0.25, 0.3) is 6.08 Å². The lowest BCUT2D eigenvalue weighted by molar-refractivity contribution is -0.136. The maximum atomic E-state index is 12.8. The van der Waals surface area contributed by atoms with Crippen LogP contribution in [-0.4, -0.2) is 48.7 Å². The summed E-state index contributed by atoms with van der Waals surface area (Å²) < 4.78 is 11.0. The first-order valence-corrected chi connectivity index (χ1v) is 12.1. The second-order valence-corrected chi connectivity index (χ2v) is 9.27. The van der Waals surface area contributed by atoms with E-state index in [9.17, 15) is 14.7 Å². The second-order valence-electron chi connectivity index (χ2n) is 9.27. The van der Waals surface area contributed by atoms with Gasteiger partial charge in [0, 0.05) is 25.1 Å². The molecule has 2 atom stereocenters. The summed E-state index contributed by atoms with van der Waals surface area (Å²) in [4.78, 5) is 26.5. The molecule has 0 spiro atoms. The highest BCUT2D eigenvalue weighted by Gasteiger charge is 2.36. The van der Waals surface area contributed by atoms with E-state index < -0.39 is 5.97 Å². The van der Waals surface area contributed by atoms with Crippen molar-refractivity contribution in [3.63, 3.8) is 0 Å². The molecular weight excluding hydrogens is 430 g/mol. The maximum Gasteiger partial charge on any atom is 0.332 e. The van der Waals surface area contributed by atoms with Crippen LogP contribution in [0.5, 0.6) is 11.5 Å². The summed E-state index contributed by atoms with van der Waals surface area (Å²) in [6, 6.07) is 15.2. The van der Waals surface area contributed by atoms with Gasteiger partial charge in [-0.15, -0.1) is 0 Å². The van der Waals surface area contributed by atoms with Crippen molar-refractivity contribution < 1.29 is 24.2 Å². The van der Waals surface area contributed by atoms with E-state index in [0.717, 1.165) is 42.1 Å². The molecule has 180 valence electrons. The molecule has 1 saturated heterocycles. The Balaban J connectivity index is 1.30. The predicted molar refractivity (Wildman–Crippen MR) is 131 cm³/mol. The molecule has 1 aliphatic carbocycles. The molecule has 6 nitrogen and oxygen atoms in total. The summed E-state index contributed by atoms with van der Waals surface area (Å²) in [5.41, 5.74) is 2.02. The highest BCUT2D eigenvalue weighted by Crippen LogP contribution is 2.36. The summed E-state index contributed by atoms with van der Waals surface area (Å²) in [6.07, 6.45) is 7.14. The minimum absolute atomic E-state index is 0.0745. The number of hydrogen-bond acceptors (Lipinski definition) is 4. The summed E-state index contributed by atoms with van der Waals surface area (Å²) >= 11 is 0. The average molecular weight is 464 g/mol. The van der Waals surface area contributed by atoms with Crippen LogP contribution in [0.2, 0.25) is 0 Å². The van der Waals surface area contributed by atoms with Crippen LogP contribution < -0.4 is 9.47 Å². The first-order valence-electron chi connectivity index (χ1n) is 12.1. The Morgan fingerprint density at radius 1 is 0.971 bits per heavy atom. The van der Waals surface area contributed by atoms with Gasteiger partial charge in [-0.25, -0.2) is 4.79 Å². The van der Waals surface area contributed by atoms with Crippen molar-refractivity contribution in [3.8, 4) is 11.5 Å². The number of benzene rings is 2. The number of carboxylic acids is 1. The summed E-state index contributed by atoms with van der Waals surface area (Å²) in [6.45, 7) is 2.09. The molecule has 0 aromatic heterocycles. The first kappa shape index (κ1) is 23.9. The van der Waals surface area contributed by atoms with Crippen molar-refractivity contribution in [1.29, 1.82) is 0 Å². The van der Waals surface area contributed by atoms with E-state index in [1.807, 2.05) is 53.4 Å². The maximum absolute atomic E-state index is 12.8. The zero-order valence-corrected chi connectivity index (χ0v) is 19.7. The van der Waals surface area contributed by atoms with Gasteiger partial charge < -0.3 is 19.5 Å². The molecule has 34 heavy (non-hydrogen) atoms. The van der Waals surface area contributed by atoms with Crippen molar-refractivity contribution in [3.05, 3.63) is 65.2 Å². The Morgan fingerprint density at radius 3 is 2.18 bits per heavy atom. The van der Waals surface area contributed by atoms with Gasteiger partial charge in [-0.2, -0.15) is 0 Å². The Bertz CT molecular complexity index is 998. The molecule has 2 fully saturated rings. The highest BCUT2D eigenvalue weighted by atomic mass is 16.5. The molecule has 0 radical (unpaired) electrons. The van der Waals surface area contributed by atoms with Gasteiger partial charge in [0.15, 0.2) is 0 Å². The number of ether oxygens (including phenoxy) is 2. The van der Waals surface area contributed by atoms with Gasteiger partial charge >= 0.3 is 5.97 Å². The fraction of sp³-hybridized carbons (Fsp3) is 0.429. The van der Waals surface area contributed by atoms with Crippen molar-refractivity contribution >= 4 is 18.0 Å². The van der Waals surface area contributed by atoms with Gasteiger partial charge in [-0.05, 0) is 66.1 Å². The molecule has 1 saturated carbocycles. The van der Waals surface area contributed by atoms with Gasteiger partial charge in [-0.3, -0.25) is 4.79 Å². The van der Waals surface area contributed by atoms with E-state index in [0.29, 0.717) is 18.4 Å². The number of methoxy groups -OCH3 is 1. The molecule has 2 aromatic carbocycles. The molecular formula is C28H33NO5. The molecule has 2 aliphatic rings. The largest absolute Gasteiger partial charge is 0.497 e. The molecule has 1 heterocycles. The summed E-state index contributed by atoms with van der Waals surface area (Å²) in [7, 11) is 1.65. The van der Waals surface area contributed by atoms with Crippen LogP contribution in [0.3, 0.4) is 0 Å². The number of fused-ring (bicyclic) bond motifs is 1. The van der Waals surface area contributed by atoms with Gasteiger partial charge in [-0.1, -0.05) is 37.1 Å². The minimum Gasteiger partial charge on any atom is -0.497 e. The average Bonchev–Trinajstić information content (AvgIpc) is 3.29. The number of amides is 1. The van der Waals surface area contributed by atoms with Crippen molar-refractivity contribution in [2.24, 2.45) is 11.8 Å². The third-order valence-electron chi connectivity index (χ3n) is 6.98. The molecule has 1 N–H and O–H groups in total. The Morgan fingerprint density at radius 2 is 1.59 bits per heavy atom. The number of aliphatic carboxylic acids is 1. The van der Waals surface area contributed by atoms with Crippen LogP contribution in [0.4, 0.5) is 0 Å². The zero-order valence-electron chi connectivity index (χ0n) is 19.7. The highest BCUT2D eigenvalue weighted by molar-refractivity contribution is 5.98. The minimum atomic E-state index is -1.05. The zero-order chi connectivity index (χ0) is 23.9. The molecule has 2 aromatic rings. The Kier molecular flexibility index (Phi) is 7.88. The van der Waals surface area contributed by atoms with Crippen molar-refractivity contribution in [2.75, 3.05) is 26.8 Å². The van der Waals surface area contributed by atoms with Crippen LogP contribution in [0.15, 0.2) is 54.1 Å². The van der Waals surface area contributed by atoms with E-state index in [4.69, 9.17) is 9.47 Å². The van der Waals surface area contributed by atoms with Gasteiger partial charge in [0.05, 0.1) is 20.1 Å². The van der Waals surface area contributed by atoms with Gasteiger partial charge in [0.2, 0.25) is 5.91 Å². The number of carboxylic acid groups (broad SMARTS) is 1. The monoisotopic (exact) mass is 463 g/mol. The van der Waals surface area contributed by atoms with E-state index in [2.05, 4.69) is 0 Å². The van der Waals surface area contributed by atoms with E-state index in [-0.39, 0.29) is 17.9 Å². The molecule has 0 bridgehead atoms. The lowest BCUT2D eigenvalue weighted by Crippen LogP contribution is -2.29. The number of likely N-dealkylation sites (tertiary alicyclic amines) is 1. The molecule has 1 aliphatic heterocycles. The topological polar surface area (TPSA) is 76.1 Å². The SMILES string of the molecule is COc1ccc(CCOc2ccc(/C=C(\CC(=O)N3C[C@H]4CCCC[C@H]4C3)C(=O)O)cc2)cc1. The lowest BCUT2D eigenvalue weighted by Gasteiger charge is -2.22. The lowest BCUT2D eigenvalue weighted by atomic mass is 9.82. The van der Waals surface area contributed by atoms with E-state index in [1.165, 1.54) is 25.7 Å². The van der Waals surface area contributed by atoms with Crippen LogP contribution in [-0.2, 0) is 16.0 Å². The van der Waals surface area contributed by atoms with Crippen LogP contribution in [0.1, 0.15) is 43.2 Å². The summed E-state index contributed by atoms with van der Waals surface area (Å²) in [5, 5.41) is 9.67. The van der Waals surface area contributed by atoms with Crippen LogP contribution in [0, 0.1) is 11.8 Å². The second kappa shape index (κ2) is 11.2. The van der Waals surface area contributed by atoms with Gasteiger partial charge in [0.1, 0.15) is 11.5 Å². The third-order valence-corrected chi connectivity index (χ3v) is 6.98. The number of hydrogen-bond donors (Lipinski definition) is 1. The normalized spacial score (nSPS) is 20.0. The molecule has 6 heteroatoms. The number of carbonyl (C=O) groups is 2. The van der Waals surface area contributed by atoms with Crippen molar-refractivity contribution in [1.82, 2.24) is 4.90 Å². The quantitative estimate of drug-likeness (QED) is 0.540. The standard InChI is InChI=1S/C28H33NO5/c1-33-25-10-6-20(7-11-25)14-15-34-26-12-8-21(9-13-26)16-24(28(31)32)17-27(30)29-18-22-4-2-3-5-23(22)19-29/h6-13,16,22-23H,2-5,14-15,17-19H2,1H3,(H,31,32)/b24-16+/t22-,23+. The smallest absolute Gasteiger partial charge is 0.332 e.